The van der Waals surface area contributed by atoms with Gasteiger partial charge in [-0.1, -0.05) is 42.5 Å². The monoisotopic (exact) mass is 378 g/mol. The summed E-state index contributed by atoms with van der Waals surface area (Å²) < 4.78 is 22.1. The van der Waals surface area contributed by atoms with Crippen LogP contribution in [-0.4, -0.2) is 19.2 Å². The third kappa shape index (κ3) is 5.77. The molecule has 0 radical (unpaired) electrons. The second kappa shape index (κ2) is 10.0. The van der Waals surface area contributed by atoms with Crippen LogP contribution < -0.4 is 14.2 Å². The highest BCUT2D eigenvalue weighted by Gasteiger charge is 2.09. The number of ether oxygens (including phenoxy) is 4. The van der Waals surface area contributed by atoms with Crippen molar-refractivity contribution in [1.29, 1.82) is 0 Å². The second-order valence-corrected chi connectivity index (χ2v) is 5.89. The van der Waals surface area contributed by atoms with Crippen LogP contribution in [0.25, 0.3) is 0 Å². The molecule has 0 aliphatic heterocycles. The lowest BCUT2D eigenvalue weighted by Crippen LogP contribution is -2.15. The molecule has 0 aliphatic rings. The van der Waals surface area contributed by atoms with Gasteiger partial charge in [0.15, 0.2) is 18.1 Å². The summed E-state index contributed by atoms with van der Waals surface area (Å²) in [5.74, 6) is 2.09. The summed E-state index contributed by atoms with van der Waals surface area (Å²) in [7, 11) is 0. The minimum absolute atomic E-state index is 0.140. The van der Waals surface area contributed by atoms with Crippen LogP contribution in [0.1, 0.15) is 12.5 Å². The number of carbonyl (C=O) groups excluding carboxylic acids is 1. The van der Waals surface area contributed by atoms with E-state index in [1.54, 1.807) is 12.1 Å². The van der Waals surface area contributed by atoms with Crippen molar-refractivity contribution in [1.82, 2.24) is 0 Å². The van der Waals surface area contributed by atoms with Gasteiger partial charge in [0.2, 0.25) is 0 Å². The number of esters is 1. The number of rotatable bonds is 9. The van der Waals surface area contributed by atoms with Crippen molar-refractivity contribution in [3.63, 3.8) is 0 Å². The highest BCUT2D eigenvalue weighted by molar-refractivity contribution is 5.71. The van der Waals surface area contributed by atoms with Crippen molar-refractivity contribution < 1.29 is 23.7 Å². The fourth-order valence-electron chi connectivity index (χ4n) is 2.51. The quantitative estimate of drug-likeness (QED) is 0.491. The van der Waals surface area contributed by atoms with Gasteiger partial charge < -0.3 is 18.9 Å². The van der Waals surface area contributed by atoms with Crippen molar-refractivity contribution in [3.8, 4) is 23.0 Å². The van der Waals surface area contributed by atoms with Crippen LogP contribution in [0.15, 0.2) is 78.9 Å². The molecule has 28 heavy (non-hydrogen) atoms. The molecule has 3 aromatic carbocycles. The number of hydrogen-bond donors (Lipinski definition) is 0. The molecule has 144 valence electrons. The molecule has 3 rings (SSSR count). The van der Waals surface area contributed by atoms with Gasteiger partial charge >= 0.3 is 5.97 Å². The Morgan fingerprint density at radius 1 is 0.786 bits per heavy atom. The summed E-state index contributed by atoms with van der Waals surface area (Å²) in [4.78, 5) is 12.0. The molecule has 0 fully saturated rings. The SMILES string of the molecule is CCOc1ccccc1OCC(=O)OCc1cccc(Oc2ccccc2)c1. The van der Waals surface area contributed by atoms with Gasteiger partial charge in [0.1, 0.15) is 18.1 Å². The minimum Gasteiger partial charge on any atom is -0.490 e. The van der Waals surface area contributed by atoms with E-state index in [2.05, 4.69) is 0 Å². The molecule has 0 amide bonds. The van der Waals surface area contributed by atoms with Crippen molar-refractivity contribution in [3.05, 3.63) is 84.4 Å². The maximum Gasteiger partial charge on any atom is 0.344 e. The average Bonchev–Trinajstić information content (AvgIpc) is 2.73. The predicted molar refractivity (Wildman–Crippen MR) is 106 cm³/mol. The Morgan fingerprint density at radius 3 is 2.21 bits per heavy atom. The van der Waals surface area contributed by atoms with Gasteiger partial charge in [0, 0.05) is 0 Å². The van der Waals surface area contributed by atoms with Crippen molar-refractivity contribution >= 4 is 5.97 Å². The molecular formula is C23H22O5. The zero-order chi connectivity index (χ0) is 19.6. The van der Waals surface area contributed by atoms with Gasteiger partial charge in [-0.2, -0.15) is 0 Å². The van der Waals surface area contributed by atoms with E-state index >= 15 is 0 Å². The first kappa shape index (κ1) is 19.3. The molecule has 0 unspecified atom stereocenters. The third-order valence-corrected chi connectivity index (χ3v) is 3.77. The Bertz CT molecular complexity index is 892. The summed E-state index contributed by atoms with van der Waals surface area (Å²) in [6.07, 6.45) is 0. The zero-order valence-electron chi connectivity index (χ0n) is 15.7. The first-order chi connectivity index (χ1) is 13.7. The fourth-order valence-corrected chi connectivity index (χ4v) is 2.51. The summed E-state index contributed by atoms with van der Waals surface area (Å²) in [6.45, 7) is 2.36. The maximum absolute atomic E-state index is 12.0. The zero-order valence-corrected chi connectivity index (χ0v) is 15.7. The number of carbonyl (C=O) groups is 1. The first-order valence-electron chi connectivity index (χ1n) is 9.06. The lowest BCUT2D eigenvalue weighted by molar-refractivity contribution is -0.147. The van der Waals surface area contributed by atoms with E-state index in [1.807, 2.05) is 73.7 Å². The summed E-state index contributed by atoms with van der Waals surface area (Å²) in [5.41, 5.74) is 0.830. The molecule has 5 heteroatoms. The summed E-state index contributed by atoms with van der Waals surface area (Å²) in [6, 6.07) is 24.1. The molecule has 0 saturated heterocycles. The van der Waals surface area contributed by atoms with Crippen LogP contribution in [-0.2, 0) is 16.1 Å². The van der Waals surface area contributed by atoms with E-state index in [0.29, 0.717) is 23.9 Å². The normalized spacial score (nSPS) is 10.2. The molecule has 0 atom stereocenters. The van der Waals surface area contributed by atoms with Gasteiger partial charge in [-0.15, -0.1) is 0 Å². The predicted octanol–water partition coefficient (Wildman–Crippen LogP) is 5.00. The molecular weight excluding hydrogens is 356 g/mol. The molecule has 0 aromatic heterocycles. The fraction of sp³-hybridized carbons (Fsp3) is 0.174. The Morgan fingerprint density at radius 2 is 1.46 bits per heavy atom. The van der Waals surface area contributed by atoms with Crippen LogP contribution >= 0.6 is 0 Å². The number of benzene rings is 3. The number of hydrogen-bond acceptors (Lipinski definition) is 5. The van der Waals surface area contributed by atoms with Gasteiger partial charge in [-0.05, 0) is 48.9 Å². The molecule has 0 aliphatic carbocycles. The summed E-state index contributed by atoms with van der Waals surface area (Å²) in [5, 5.41) is 0. The molecule has 5 nitrogen and oxygen atoms in total. The van der Waals surface area contributed by atoms with E-state index in [1.165, 1.54) is 0 Å². The Hall–Kier alpha value is -3.47. The lowest BCUT2D eigenvalue weighted by atomic mass is 10.2. The largest absolute Gasteiger partial charge is 0.490 e. The van der Waals surface area contributed by atoms with Crippen LogP contribution in [0, 0.1) is 0 Å². The second-order valence-electron chi connectivity index (χ2n) is 5.89. The van der Waals surface area contributed by atoms with Crippen molar-refractivity contribution in [2.45, 2.75) is 13.5 Å². The highest BCUT2D eigenvalue weighted by atomic mass is 16.6. The molecule has 0 spiro atoms. The Balaban J connectivity index is 1.50. The molecule has 3 aromatic rings. The molecule has 0 heterocycles. The summed E-state index contributed by atoms with van der Waals surface area (Å²) >= 11 is 0. The van der Waals surface area contributed by atoms with Crippen molar-refractivity contribution in [2.24, 2.45) is 0 Å². The smallest absolute Gasteiger partial charge is 0.344 e. The first-order valence-corrected chi connectivity index (χ1v) is 9.06. The molecule has 0 bridgehead atoms. The van der Waals surface area contributed by atoms with E-state index in [0.717, 1.165) is 11.3 Å². The van der Waals surface area contributed by atoms with Crippen LogP contribution in [0.2, 0.25) is 0 Å². The van der Waals surface area contributed by atoms with Crippen molar-refractivity contribution in [2.75, 3.05) is 13.2 Å². The Kier molecular flexibility index (Phi) is 6.90. The van der Waals surface area contributed by atoms with E-state index in [-0.39, 0.29) is 13.2 Å². The van der Waals surface area contributed by atoms with Gasteiger partial charge in [-0.3, -0.25) is 0 Å². The topological polar surface area (TPSA) is 54.0 Å². The highest BCUT2D eigenvalue weighted by Crippen LogP contribution is 2.26. The van der Waals surface area contributed by atoms with Crippen LogP contribution in [0.5, 0.6) is 23.0 Å². The minimum atomic E-state index is -0.458. The van der Waals surface area contributed by atoms with E-state index < -0.39 is 5.97 Å². The van der Waals surface area contributed by atoms with Gasteiger partial charge in [0.25, 0.3) is 0 Å². The van der Waals surface area contributed by atoms with Crippen LogP contribution in [0.3, 0.4) is 0 Å². The van der Waals surface area contributed by atoms with Gasteiger partial charge in [-0.25, -0.2) is 4.79 Å². The standard InChI is InChI=1S/C23H22O5/c1-2-25-21-13-6-7-14-22(21)26-17-23(24)27-16-18-9-8-12-20(15-18)28-19-10-4-3-5-11-19/h3-15H,2,16-17H2,1H3. The maximum atomic E-state index is 12.0. The lowest BCUT2D eigenvalue weighted by Gasteiger charge is -2.11. The third-order valence-electron chi connectivity index (χ3n) is 3.77. The molecule has 0 saturated carbocycles. The Labute approximate surface area is 164 Å². The number of para-hydroxylation sites is 3. The average molecular weight is 378 g/mol. The van der Waals surface area contributed by atoms with E-state index in [9.17, 15) is 4.79 Å². The van der Waals surface area contributed by atoms with E-state index in [4.69, 9.17) is 18.9 Å². The molecule has 0 N–H and O–H groups in total. The van der Waals surface area contributed by atoms with Gasteiger partial charge in [0.05, 0.1) is 6.61 Å². The van der Waals surface area contributed by atoms with Crippen LogP contribution in [0.4, 0.5) is 0 Å².